The Morgan fingerprint density at radius 1 is 1.19 bits per heavy atom. The lowest BCUT2D eigenvalue weighted by Gasteiger charge is -2.05. The standard InChI is InChI=1S/C12H8BrF2N/c13-6-8-5-9(7-16-12(8)15)10-3-1-2-4-11(10)14/h1-5,7H,6H2. The van der Waals surface area contributed by atoms with Crippen LogP contribution in [0.2, 0.25) is 0 Å². The minimum Gasteiger partial charge on any atom is -0.227 e. The summed E-state index contributed by atoms with van der Waals surface area (Å²) in [5.74, 6) is -0.867. The first-order chi connectivity index (χ1) is 7.72. The quantitative estimate of drug-likeness (QED) is 0.601. The molecule has 0 aliphatic carbocycles. The van der Waals surface area contributed by atoms with E-state index in [-0.39, 0.29) is 5.82 Å². The highest BCUT2D eigenvalue weighted by Gasteiger charge is 2.08. The van der Waals surface area contributed by atoms with Crippen molar-refractivity contribution < 1.29 is 8.78 Å². The van der Waals surface area contributed by atoms with E-state index in [4.69, 9.17) is 0 Å². The van der Waals surface area contributed by atoms with Crippen LogP contribution in [0.25, 0.3) is 11.1 Å². The number of rotatable bonds is 2. The molecule has 0 radical (unpaired) electrons. The zero-order valence-electron chi connectivity index (χ0n) is 8.25. The molecule has 0 amide bonds. The van der Waals surface area contributed by atoms with Gasteiger partial charge in [0.15, 0.2) is 0 Å². The minimum absolute atomic E-state index is 0.337. The molecule has 1 heterocycles. The van der Waals surface area contributed by atoms with E-state index in [1.54, 1.807) is 24.3 Å². The second kappa shape index (κ2) is 4.70. The van der Waals surface area contributed by atoms with Gasteiger partial charge in [-0.25, -0.2) is 9.37 Å². The molecule has 1 aromatic carbocycles. The zero-order valence-corrected chi connectivity index (χ0v) is 9.84. The molecule has 16 heavy (non-hydrogen) atoms. The van der Waals surface area contributed by atoms with E-state index in [9.17, 15) is 8.78 Å². The molecule has 82 valence electrons. The molecule has 4 heteroatoms. The van der Waals surface area contributed by atoms with Gasteiger partial charge in [0.25, 0.3) is 0 Å². The second-order valence-electron chi connectivity index (χ2n) is 3.29. The molecular weight excluding hydrogens is 276 g/mol. The fourth-order valence-corrected chi connectivity index (χ4v) is 1.82. The van der Waals surface area contributed by atoms with Gasteiger partial charge >= 0.3 is 0 Å². The van der Waals surface area contributed by atoms with Crippen molar-refractivity contribution in [3.8, 4) is 11.1 Å². The molecule has 0 atom stereocenters. The van der Waals surface area contributed by atoms with Crippen LogP contribution in [0.3, 0.4) is 0 Å². The van der Waals surface area contributed by atoms with Crippen molar-refractivity contribution in [2.24, 2.45) is 0 Å². The normalized spacial score (nSPS) is 10.4. The van der Waals surface area contributed by atoms with E-state index >= 15 is 0 Å². The van der Waals surface area contributed by atoms with Gasteiger partial charge in [-0.2, -0.15) is 4.39 Å². The Morgan fingerprint density at radius 2 is 1.94 bits per heavy atom. The van der Waals surface area contributed by atoms with Crippen molar-refractivity contribution in [2.75, 3.05) is 0 Å². The van der Waals surface area contributed by atoms with E-state index in [0.29, 0.717) is 22.0 Å². The highest BCUT2D eigenvalue weighted by Crippen LogP contribution is 2.24. The van der Waals surface area contributed by atoms with Crippen molar-refractivity contribution in [1.82, 2.24) is 4.98 Å². The number of hydrogen-bond donors (Lipinski definition) is 0. The highest BCUT2D eigenvalue weighted by atomic mass is 79.9. The van der Waals surface area contributed by atoms with Crippen LogP contribution in [0.1, 0.15) is 5.56 Å². The summed E-state index contributed by atoms with van der Waals surface area (Å²) in [4.78, 5) is 3.60. The Balaban J connectivity index is 2.53. The van der Waals surface area contributed by atoms with Crippen LogP contribution in [-0.2, 0) is 5.33 Å². The van der Waals surface area contributed by atoms with E-state index in [2.05, 4.69) is 20.9 Å². The van der Waals surface area contributed by atoms with E-state index in [1.807, 2.05) is 0 Å². The van der Waals surface area contributed by atoms with Crippen molar-refractivity contribution in [1.29, 1.82) is 0 Å². The van der Waals surface area contributed by atoms with Gasteiger partial charge < -0.3 is 0 Å². The van der Waals surface area contributed by atoms with Gasteiger partial charge in [0.05, 0.1) is 0 Å². The van der Waals surface area contributed by atoms with E-state index in [1.165, 1.54) is 12.3 Å². The van der Waals surface area contributed by atoms with Gasteiger partial charge in [0.1, 0.15) is 5.82 Å². The van der Waals surface area contributed by atoms with Crippen molar-refractivity contribution in [3.05, 3.63) is 53.9 Å². The molecule has 0 saturated heterocycles. The summed E-state index contributed by atoms with van der Waals surface area (Å²) in [5, 5.41) is 0.355. The maximum Gasteiger partial charge on any atom is 0.216 e. The predicted octanol–water partition coefficient (Wildman–Crippen LogP) is 3.92. The maximum absolute atomic E-state index is 13.5. The summed E-state index contributed by atoms with van der Waals surface area (Å²) >= 11 is 3.16. The molecule has 0 bridgehead atoms. The molecule has 0 saturated carbocycles. The van der Waals surface area contributed by atoms with Crippen LogP contribution in [0.5, 0.6) is 0 Å². The van der Waals surface area contributed by atoms with Crippen LogP contribution in [0, 0.1) is 11.8 Å². The Bertz CT molecular complexity index is 514. The second-order valence-corrected chi connectivity index (χ2v) is 3.85. The molecule has 0 fully saturated rings. The molecule has 1 aromatic heterocycles. The lowest BCUT2D eigenvalue weighted by Crippen LogP contribution is -1.93. The third kappa shape index (κ3) is 2.11. The molecule has 2 aromatic rings. The third-order valence-corrected chi connectivity index (χ3v) is 2.84. The largest absolute Gasteiger partial charge is 0.227 e. The number of nitrogens with zero attached hydrogens (tertiary/aromatic N) is 1. The molecule has 0 aliphatic heterocycles. The van der Waals surface area contributed by atoms with Gasteiger partial charge in [-0.05, 0) is 12.1 Å². The first kappa shape index (κ1) is 11.2. The topological polar surface area (TPSA) is 12.9 Å². The van der Waals surface area contributed by atoms with Gasteiger partial charge in [-0.1, -0.05) is 34.1 Å². The third-order valence-electron chi connectivity index (χ3n) is 2.24. The number of aromatic nitrogens is 1. The Hall–Kier alpha value is -1.29. The summed E-state index contributed by atoms with van der Waals surface area (Å²) < 4.78 is 26.6. The average Bonchev–Trinajstić information content (AvgIpc) is 2.31. The average molecular weight is 284 g/mol. The van der Waals surface area contributed by atoms with Gasteiger partial charge in [0.2, 0.25) is 5.95 Å². The Labute approximate surface area is 100 Å². The molecule has 0 spiro atoms. The lowest BCUT2D eigenvalue weighted by atomic mass is 10.1. The summed E-state index contributed by atoms with van der Waals surface area (Å²) in [6.07, 6.45) is 1.33. The summed E-state index contributed by atoms with van der Waals surface area (Å²) in [5.41, 5.74) is 1.42. The lowest BCUT2D eigenvalue weighted by molar-refractivity contribution is 0.573. The van der Waals surface area contributed by atoms with Crippen LogP contribution in [-0.4, -0.2) is 4.98 Å². The first-order valence-electron chi connectivity index (χ1n) is 4.67. The first-order valence-corrected chi connectivity index (χ1v) is 5.80. The number of alkyl halides is 1. The van der Waals surface area contributed by atoms with Gasteiger partial charge in [-0.3, -0.25) is 0 Å². The Kier molecular flexibility index (Phi) is 3.29. The van der Waals surface area contributed by atoms with E-state index < -0.39 is 5.95 Å². The number of hydrogen-bond acceptors (Lipinski definition) is 1. The summed E-state index contributed by atoms with van der Waals surface area (Å²) in [7, 11) is 0. The molecule has 0 unspecified atom stereocenters. The van der Waals surface area contributed by atoms with Crippen LogP contribution >= 0.6 is 15.9 Å². The molecule has 0 N–H and O–H groups in total. The molecule has 1 nitrogen and oxygen atoms in total. The predicted molar refractivity (Wildman–Crippen MR) is 62.2 cm³/mol. The maximum atomic E-state index is 13.5. The summed E-state index contributed by atoms with van der Waals surface area (Å²) in [6.45, 7) is 0. The fraction of sp³-hybridized carbons (Fsp3) is 0.0833. The fourth-order valence-electron chi connectivity index (χ4n) is 1.43. The number of benzene rings is 1. The SMILES string of the molecule is Fc1ccccc1-c1cnc(F)c(CBr)c1. The van der Waals surface area contributed by atoms with Crippen LogP contribution in [0.4, 0.5) is 8.78 Å². The summed E-state index contributed by atoms with van der Waals surface area (Å²) in [6, 6.07) is 7.95. The van der Waals surface area contributed by atoms with Crippen LogP contribution in [0.15, 0.2) is 36.5 Å². The van der Waals surface area contributed by atoms with E-state index in [0.717, 1.165) is 0 Å². The molecule has 2 rings (SSSR count). The van der Waals surface area contributed by atoms with Crippen LogP contribution < -0.4 is 0 Å². The monoisotopic (exact) mass is 283 g/mol. The van der Waals surface area contributed by atoms with Crippen molar-refractivity contribution in [3.63, 3.8) is 0 Å². The zero-order chi connectivity index (χ0) is 11.5. The highest BCUT2D eigenvalue weighted by molar-refractivity contribution is 9.08. The van der Waals surface area contributed by atoms with Gasteiger partial charge in [0, 0.05) is 28.2 Å². The Morgan fingerprint density at radius 3 is 2.62 bits per heavy atom. The van der Waals surface area contributed by atoms with Crippen molar-refractivity contribution in [2.45, 2.75) is 5.33 Å². The smallest absolute Gasteiger partial charge is 0.216 e. The molecular formula is C12H8BrF2N. The minimum atomic E-state index is -0.531. The van der Waals surface area contributed by atoms with Crippen molar-refractivity contribution >= 4 is 15.9 Å². The number of pyridine rings is 1. The van der Waals surface area contributed by atoms with Gasteiger partial charge in [-0.15, -0.1) is 0 Å². The molecule has 0 aliphatic rings. The number of halogens is 3.